The van der Waals surface area contributed by atoms with Crippen LogP contribution in [0.2, 0.25) is 0 Å². The molecule has 0 spiro atoms. The predicted octanol–water partition coefficient (Wildman–Crippen LogP) is 2.92. The van der Waals surface area contributed by atoms with Crippen molar-refractivity contribution >= 4 is 45.5 Å². The van der Waals surface area contributed by atoms with Gasteiger partial charge in [-0.05, 0) is 24.3 Å². The van der Waals surface area contributed by atoms with Gasteiger partial charge in [-0.2, -0.15) is 0 Å². The Balaban J connectivity index is 1.31. The summed E-state index contributed by atoms with van der Waals surface area (Å²) < 4.78 is 14.2. The van der Waals surface area contributed by atoms with E-state index in [2.05, 4.69) is 15.0 Å². The number of aromatic nitrogens is 3. The summed E-state index contributed by atoms with van der Waals surface area (Å²) in [5, 5.41) is 2.24. The second-order valence-electron chi connectivity index (χ2n) is 7.51. The largest absolute Gasteiger partial charge is 0.360 e. The number of carbonyl (C=O) groups excluding carboxylic acids is 3. The van der Waals surface area contributed by atoms with Crippen LogP contribution in [0.15, 0.2) is 54.3 Å². The Labute approximate surface area is 191 Å². The number of halogens is 1. The molecule has 1 N–H and O–H groups in total. The standard InChI is InChI=1S/C23H18FN5O3S/c24-16-4-1-5-17-18(16)15(13-27-17)20(31)23(32)29-10-8-28(9-11-29)21-14(3-2-6-25-21)19(30)22-26-7-12-33-22/h1-7,12-13,27H,8-11H2. The first-order valence-corrected chi connectivity index (χ1v) is 11.2. The number of hydrogen-bond acceptors (Lipinski definition) is 7. The molecule has 0 bridgehead atoms. The van der Waals surface area contributed by atoms with Crippen LogP contribution in [0.4, 0.5) is 10.2 Å². The second kappa shape index (κ2) is 8.55. The molecular formula is C23H18FN5O3S. The number of hydrogen-bond donors (Lipinski definition) is 1. The third-order valence-corrected chi connectivity index (χ3v) is 6.39. The highest BCUT2D eigenvalue weighted by Gasteiger charge is 2.30. The molecule has 1 saturated heterocycles. The Morgan fingerprint density at radius 3 is 2.55 bits per heavy atom. The molecule has 4 heterocycles. The molecule has 0 saturated carbocycles. The van der Waals surface area contributed by atoms with E-state index >= 15 is 0 Å². The second-order valence-corrected chi connectivity index (χ2v) is 8.41. The number of aromatic amines is 1. The zero-order valence-corrected chi connectivity index (χ0v) is 18.1. The van der Waals surface area contributed by atoms with E-state index in [-0.39, 0.29) is 29.8 Å². The number of rotatable bonds is 5. The molecular weight excluding hydrogens is 445 g/mol. The third-order valence-electron chi connectivity index (χ3n) is 5.62. The number of carbonyl (C=O) groups is 3. The Kier molecular flexibility index (Phi) is 5.43. The molecule has 0 aliphatic carbocycles. The number of pyridine rings is 1. The van der Waals surface area contributed by atoms with Gasteiger partial charge in [0.2, 0.25) is 5.78 Å². The number of ketones is 2. The predicted molar refractivity (Wildman–Crippen MR) is 121 cm³/mol. The van der Waals surface area contributed by atoms with Gasteiger partial charge in [0.15, 0.2) is 5.01 Å². The molecule has 1 aromatic carbocycles. The molecule has 1 fully saturated rings. The fourth-order valence-corrected chi connectivity index (χ4v) is 4.57. The maximum absolute atomic E-state index is 14.2. The molecule has 33 heavy (non-hydrogen) atoms. The van der Waals surface area contributed by atoms with E-state index in [9.17, 15) is 18.8 Å². The van der Waals surface area contributed by atoms with Crippen molar-refractivity contribution in [3.63, 3.8) is 0 Å². The van der Waals surface area contributed by atoms with E-state index in [1.807, 2.05) is 4.90 Å². The summed E-state index contributed by atoms with van der Waals surface area (Å²) in [5.74, 6) is -1.67. The van der Waals surface area contributed by atoms with Crippen molar-refractivity contribution in [2.24, 2.45) is 0 Å². The SMILES string of the molecule is O=C(c1nccs1)c1cccnc1N1CCN(C(=O)C(=O)c2c[nH]c3cccc(F)c23)CC1. The molecule has 1 amide bonds. The maximum Gasteiger partial charge on any atom is 0.295 e. The quantitative estimate of drug-likeness (QED) is 0.361. The van der Waals surface area contributed by atoms with Gasteiger partial charge in [-0.25, -0.2) is 14.4 Å². The molecule has 0 atom stereocenters. The highest BCUT2D eigenvalue weighted by Crippen LogP contribution is 2.25. The number of benzene rings is 1. The number of fused-ring (bicyclic) bond motifs is 1. The summed E-state index contributed by atoms with van der Waals surface area (Å²) in [6.45, 7) is 1.35. The van der Waals surface area contributed by atoms with Gasteiger partial charge in [0.1, 0.15) is 11.6 Å². The molecule has 8 nitrogen and oxygen atoms in total. The lowest BCUT2D eigenvalue weighted by molar-refractivity contribution is -0.126. The van der Waals surface area contributed by atoms with Gasteiger partial charge < -0.3 is 14.8 Å². The summed E-state index contributed by atoms with van der Waals surface area (Å²) in [4.78, 5) is 53.2. The number of nitrogens with one attached hydrogen (secondary N) is 1. The molecule has 5 rings (SSSR count). The van der Waals surface area contributed by atoms with Crippen LogP contribution in [0.25, 0.3) is 10.9 Å². The number of piperazine rings is 1. The lowest BCUT2D eigenvalue weighted by atomic mass is 10.1. The average Bonchev–Trinajstić information content (AvgIpc) is 3.54. The smallest absolute Gasteiger partial charge is 0.295 e. The molecule has 10 heteroatoms. The molecule has 0 unspecified atom stereocenters. The maximum atomic E-state index is 14.2. The van der Waals surface area contributed by atoms with Gasteiger partial charge >= 0.3 is 0 Å². The van der Waals surface area contributed by atoms with Crippen LogP contribution in [0, 0.1) is 5.82 Å². The normalized spacial score (nSPS) is 14.0. The number of H-pyrrole nitrogens is 1. The summed E-state index contributed by atoms with van der Waals surface area (Å²) in [5.41, 5.74) is 0.928. The van der Waals surface area contributed by atoms with Crippen LogP contribution >= 0.6 is 11.3 Å². The van der Waals surface area contributed by atoms with Crippen LogP contribution in [0.5, 0.6) is 0 Å². The third kappa shape index (κ3) is 3.78. The first-order valence-electron chi connectivity index (χ1n) is 10.3. The lowest BCUT2D eigenvalue weighted by Crippen LogP contribution is -2.51. The van der Waals surface area contributed by atoms with Crippen molar-refractivity contribution < 1.29 is 18.8 Å². The van der Waals surface area contributed by atoms with Crippen molar-refractivity contribution in [2.75, 3.05) is 31.1 Å². The van der Waals surface area contributed by atoms with E-state index in [0.29, 0.717) is 35.0 Å². The fraction of sp³-hybridized carbons (Fsp3) is 0.174. The monoisotopic (exact) mass is 463 g/mol. The van der Waals surface area contributed by atoms with Crippen molar-refractivity contribution in [3.8, 4) is 0 Å². The fourth-order valence-electron chi connectivity index (χ4n) is 3.98. The average molecular weight is 463 g/mol. The van der Waals surface area contributed by atoms with Crippen LogP contribution in [0.1, 0.15) is 25.7 Å². The summed E-state index contributed by atoms with van der Waals surface area (Å²) in [6, 6.07) is 7.85. The van der Waals surface area contributed by atoms with Crippen molar-refractivity contribution in [2.45, 2.75) is 0 Å². The van der Waals surface area contributed by atoms with E-state index in [4.69, 9.17) is 0 Å². The van der Waals surface area contributed by atoms with Crippen LogP contribution in [0.3, 0.4) is 0 Å². The van der Waals surface area contributed by atoms with E-state index in [1.165, 1.54) is 34.6 Å². The van der Waals surface area contributed by atoms with Crippen molar-refractivity contribution in [1.29, 1.82) is 0 Å². The van der Waals surface area contributed by atoms with E-state index in [0.717, 1.165) is 0 Å². The van der Waals surface area contributed by atoms with Gasteiger partial charge in [-0.1, -0.05) is 6.07 Å². The van der Waals surface area contributed by atoms with E-state index in [1.54, 1.807) is 36.0 Å². The zero-order valence-electron chi connectivity index (χ0n) is 17.3. The van der Waals surface area contributed by atoms with Gasteiger partial charge in [0, 0.05) is 61.1 Å². The molecule has 3 aromatic heterocycles. The molecule has 0 radical (unpaired) electrons. The number of Topliss-reactive ketones (excluding diaryl/α,β-unsaturated/α-hetero) is 1. The van der Waals surface area contributed by atoms with Gasteiger partial charge in [0.05, 0.1) is 11.1 Å². The van der Waals surface area contributed by atoms with Crippen molar-refractivity contribution in [3.05, 3.63) is 76.3 Å². The minimum Gasteiger partial charge on any atom is -0.360 e. The number of thiazole rings is 1. The van der Waals surface area contributed by atoms with Crippen LogP contribution in [-0.2, 0) is 4.79 Å². The number of anilines is 1. The molecule has 1 aliphatic rings. The molecule has 166 valence electrons. The number of nitrogens with zero attached hydrogens (tertiary/aromatic N) is 4. The summed E-state index contributed by atoms with van der Waals surface area (Å²) in [6.07, 6.45) is 4.56. The minimum atomic E-state index is -0.753. The van der Waals surface area contributed by atoms with Gasteiger partial charge in [0.25, 0.3) is 11.7 Å². The topological polar surface area (TPSA) is 99.3 Å². The Morgan fingerprint density at radius 2 is 1.79 bits per heavy atom. The lowest BCUT2D eigenvalue weighted by Gasteiger charge is -2.35. The van der Waals surface area contributed by atoms with Crippen LogP contribution in [-0.4, -0.2) is 63.5 Å². The first kappa shape index (κ1) is 21.0. The van der Waals surface area contributed by atoms with E-state index < -0.39 is 17.5 Å². The first-order chi connectivity index (χ1) is 16.0. The highest BCUT2D eigenvalue weighted by molar-refractivity contribution is 7.11. The summed E-state index contributed by atoms with van der Waals surface area (Å²) in [7, 11) is 0. The Bertz CT molecular complexity index is 1360. The van der Waals surface area contributed by atoms with Crippen LogP contribution < -0.4 is 4.90 Å². The minimum absolute atomic E-state index is 0.0246. The van der Waals surface area contributed by atoms with Gasteiger partial charge in [-0.3, -0.25) is 14.4 Å². The Morgan fingerprint density at radius 1 is 0.970 bits per heavy atom. The van der Waals surface area contributed by atoms with Gasteiger partial charge in [-0.15, -0.1) is 11.3 Å². The highest BCUT2D eigenvalue weighted by atomic mass is 32.1. The molecule has 4 aromatic rings. The zero-order chi connectivity index (χ0) is 22.9. The molecule has 1 aliphatic heterocycles. The Hall–Kier alpha value is -3.92. The number of amides is 1. The van der Waals surface area contributed by atoms with Crippen molar-refractivity contribution in [1.82, 2.24) is 19.9 Å². The summed E-state index contributed by atoms with van der Waals surface area (Å²) >= 11 is 1.26.